The molecule has 0 saturated carbocycles. The van der Waals surface area contributed by atoms with Crippen LogP contribution in [-0.4, -0.2) is 25.8 Å². The molecule has 2 aliphatic rings. The minimum absolute atomic E-state index is 0.588. The van der Waals surface area contributed by atoms with Crippen LogP contribution in [0.1, 0.15) is 58.3 Å². The predicted octanol–water partition coefficient (Wildman–Crippen LogP) is 3.67. The van der Waals surface area contributed by atoms with E-state index in [4.69, 9.17) is 4.74 Å². The third-order valence-electron chi connectivity index (χ3n) is 4.28. The molecule has 1 aliphatic carbocycles. The summed E-state index contributed by atoms with van der Waals surface area (Å²) in [7, 11) is 0. The summed E-state index contributed by atoms with van der Waals surface area (Å²) in [6, 6.07) is 0.588. The highest BCUT2D eigenvalue weighted by Gasteiger charge is 2.27. The molecular weight excluding hydrogens is 222 g/mol. The van der Waals surface area contributed by atoms with Gasteiger partial charge in [-0.25, -0.2) is 0 Å². The molecule has 2 unspecified atom stereocenters. The van der Waals surface area contributed by atoms with E-state index in [-0.39, 0.29) is 0 Å². The van der Waals surface area contributed by atoms with Crippen molar-refractivity contribution in [2.75, 3.05) is 19.8 Å². The zero-order valence-corrected chi connectivity index (χ0v) is 11.9. The van der Waals surface area contributed by atoms with E-state index in [0.717, 1.165) is 19.8 Å². The summed E-state index contributed by atoms with van der Waals surface area (Å²) < 4.78 is 5.60. The Morgan fingerprint density at radius 3 is 3.00 bits per heavy atom. The molecule has 2 rings (SSSR count). The smallest absolute Gasteiger partial charge is 0.0513 e. The summed E-state index contributed by atoms with van der Waals surface area (Å²) in [5.41, 5.74) is 1.68. The number of hydrogen-bond acceptors (Lipinski definition) is 2. The Labute approximate surface area is 112 Å². The van der Waals surface area contributed by atoms with Gasteiger partial charge in [-0.3, -0.25) is 0 Å². The fourth-order valence-corrected chi connectivity index (χ4v) is 3.21. The van der Waals surface area contributed by atoms with Crippen LogP contribution in [0.25, 0.3) is 0 Å². The van der Waals surface area contributed by atoms with Crippen LogP contribution in [0.15, 0.2) is 11.6 Å². The molecule has 1 heterocycles. The molecule has 2 nitrogen and oxygen atoms in total. The molecule has 0 aromatic carbocycles. The van der Waals surface area contributed by atoms with E-state index in [1.165, 1.54) is 51.4 Å². The van der Waals surface area contributed by atoms with Gasteiger partial charge in [-0.15, -0.1) is 0 Å². The lowest BCUT2D eigenvalue weighted by molar-refractivity contribution is 0.179. The summed E-state index contributed by atoms with van der Waals surface area (Å²) in [4.78, 5) is 0. The van der Waals surface area contributed by atoms with E-state index in [1.54, 1.807) is 5.57 Å². The van der Waals surface area contributed by atoms with Gasteiger partial charge < -0.3 is 10.1 Å². The van der Waals surface area contributed by atoms with Gasteiger partial charge in [0.2, 0.25) is 0 Å². The monoisotopic (exact) mass is 251 g/mol. The first kappa shape index (κ1) is 14.1. The Hall–Kier alpha value is -0.340. The lowest BCUT2D eigenvalue weighted by Crippen LogP contribution is -2.39. The Morgan fingerprint density at radius 1 is 1.33 bits per heavy atom. The van der Waals surface area contributed by atoms with Crippen LogP contribution in [0.5, 0.6) is 0 Å². The fraction of sp³-hybridized carbons (Fsp3) is 0.875. The van der Waals surface area contributed by atoms with E-state index in [0.29, 0.717) is 12.0 Å². The van der Waals surface area contributed by atoms with Gasteiger partial charge in [0, 0.05) is 18.6 Å². The van der Waals surface area contributed by atoms with Crippen LogP contribution in [0.4, 0.5) is 0 Å². The molecule has 2 heteroatoms. The molecule has 18 heavy (non-hydrogen) atoms. The second-order valence-electron chi connectivity index (χ2n) is 5.79. The van der Waals surface area contributed by atoms with Crippen LogP contribution >= 0.6 is 0 Å². The number of ether oxygens (including phenoxy) is 1. The Bertz CT molecular complexity index is 256. The van der Waals surface area contributed by atoms with Crippen molar-refractivity contribution in [2.45, 2.75) is 64.3 Å². The third kappa shape index (κ3) is 4.10. The highest BCUT2D eigenvalue weighted by molar-refractivity contribution is 5.14. The highest BCUT2D eigenvalue weighted by Crippen LogP contribution is 2.27. The van der Waals surface area contributed by atoms with Crippen LogP contribution in [0, 0.1) is 5.92 Å². The van der Waals surface area contributed by atoms with Gasteiger partial charge in [0.25, 0.3) is 0 Å². The van der Waals surface area contributed by atoms with Gasteiger partial charge in [0.05, 0.1) is 6.61 Å². The maximum atomic E-state index is 5.60. The van der Waals surface area contributed by atoms with E-state index in [2.05, 4.69) is 18.3 Å². The lowest BCUT2D eigenvalue weighted by atomic mass is 9.87. The molecule has 0 aromatic rings. The molecule has 2 atom stereocenters. The maximum Gasteiger partial charge on any atom is 0.0513 e. The SMILES string of the molecule is CCCNC(C1=CCCCCCC1)C1CCOC1. The fourth-order valence-electron chi connectivity index (χ4n) is 3.21. The van der Waals surface area contributed by atoms with Crippen LogP contribution in [0.3, 0.4) is 0 Å². The molecule has 104 valence electrons. The van der Waals surface area contributed by atoms with Crippen molar-refractivity contribution in [3.05, 3.63) is 11.6 Å². The molecule has 0 spiro atoms. The first-order valence-corrected chi connectivity index (χ1v) is 7.92. The summed E-state index contributed by atoms with van der Waals surface area (Å²) in [5, 5.41) is 3.78. The second kappa shape index (κ2) is 7.96. The van der Waals surface area contributed by atoms with Crippen LogP contribution in [-0.2, 0) is 4.74 Å². The standard InChI is InChI=1S/C16H29NO/c1-2-11-17-16(15-10-12-18-13-15)14-8-6-4-3-5-7-9-14/h8,15-17H,2-7,9-13H2,1H3. The van der Waals surface area contributed by atoms with Crippen molar-refractivity contribution < 1.29 is 4.74 Å². The summed E-state index contributed by atoms with van der Waals surface area (Å²) >= 11 is 0. The van der Waals surface area contributed by atoms with Crippen molar-refractivity contribution in [2.24, 2.45) is 5.92 Å². The predicted molar refractivity (Wildman–Crippen MR) is 76.8 cm³/mol. The topological polar surface area (TPSA) is 21.3 Å². The van der Waals surface area contributed by atoms with E-state index in [1.807, 2.05) is 0 Å². The lowest BCUT2D eigenvalue weighted by Gasteiger charge is -2.28. The van der Waals surface area contributed by atoms with Gasteiger partial charge >= 0.3 is 0 Å². The summed E-state index contributed by atoms with van der Waals surface area (Å²) in [6.45, 7) is 5.31. The summed E-state index contributed by atoms with van der Waals surface area (Å²) in [5.74, 6) is 0.710. The normalized spacial score (nSPS) is 27.4. The Kier molecular flexibility index (Phi) is 6.22. The molecule has 0 aromatic heterocycles. The van der Waals surface area contributed by atoms with Crippen molar-refractivity contribution in [3.63, 3.8) is 0 Å². The van der Waals surface area contributed by atoms with Crippen molar-refractivity contribution in [1.29, 1.82) is 0 Å². The molecule has 1 aliphatic heterocycles. The quantitative estimate of drug-likeness (QED) is 0.753. The average Bonchev–Trinajstić information content (AvgIpc) is 2.85. The van der Waals surface area contributed by atoms with Crippen molar-refractivity contribution in [3.8, 4) is 0 Å². The summed E-state index contributed by atoms with van der Waals surface area (Å²) in [6.07, 6.45) is 13.2. The van der Waals surface area contributed by atoms with Gasteiger partial charge in [-0.2, -0.15) is 0 Å². The maximum absolute atomic E-state index is 5.60. The average molecular weight is 251 g/mol. The Balaban J connectivity index is 1.99. The third-order valence-corrected chi connectivity index (χ3v) is 4.28. The minimum atomic E-state index is 0.588. The number of hydrogen-bond donors (Lipinski definition) is 1. The van der Waals surface area contributed by atoms with Gasteiger partial charge in [-0.1, -0.05) is 31.4 Å². The zero-order chi connectivity index (χ0) is 12.6. The molecule has 0 bridgehead atoms. The molecule has 0 radical (unpaired) electrons. The van der Waals surface area contributed by atoms with Gasteiger partial charge in [0.1, 0.15) is 0 Å². The van der Waals surface area contributed by atoms with Crippen LogP contribution in [0.2, 0.25) is 0 Å². The first-order valence-electron chi connectivity index (χ1n) is 7.92. The van der Waals surface area contributed by atoms with E-state index in [9.17, 15) is 0 Å². The highest BCUT2D eigenvalue weighted by atomic mass is 16.5. The zero-order valence-electron chi connectivity index (χ0n) is 11.9. The molecule has 0 amide bonds. The van der Waals surface area contributed by atoms with E-state index < -0.39 is 0 Å². The van der Waals surface area contributed by atoms with Crippen molar-refractivity contribution in [1.82, 2.24) is 5.32 Å². The minimum Gasteiger partial charge on any atom is -0.381 e. The molecular formula is C16H29NO. The Morgan fingerprint density at radius 2 is 2.22 bits per heavy atom. The number of allylic oxidation sites excluding steroid dienone is 1. The molecule has 1 fully saturated rings. The number of rotatable bonds is 5. The van der Waals surface area contributed by atoms with Crippen molar-refractivity contribution >= 4 is 0 Å². The number of nitrogens with one attached hydrogen (secondary N) is 1. The first-order chi connectivity index (χ1) is 8.92. The van der Waals surface area contributed by atoms with E-state index >= 15 is 0 Å². The van der Waals surface area contributed by atoms with Gasteiger partial charge in [-0.05, 0) is 45.1 Å². The molecule has 1 N–H and O–H groups in total. The largest absolute Gasteiger partial charge is 0.381 e. The van der Waals surface area contributed by atoms with Gasteiger partial charge in [0.15, 0.2) is 0 Å². The second-order valence-corrected chi connectivity index (χ2v) is 5.79. The van der Waals surface area contributed by atoms with Crippen LogP contribution < -0.4 is 5.32 Å². The molecule has 1 saturated heterocycles.